The second-order valence-corrected chi connectivity index (χ2v) is 4.15. The Labute approximate surface area is 79.9 Å². The van der Waals surface area contributed by atoms with Crippen LogP contribution in [0.5, 0.6) is 0 Å². The van der Waals surface area contributed by atoms with Gasteiger partial charge >= 0.3 is 0 Å². The topological polar surface area (TPSA) is 66.5 Å². The number of nitrogens with two attached hydrogens (primary N) is 1. The van der Waals surface area contributed by atoms with E-state index in [2.05, 4.69) is 0 Å². The molecule has 0 aromatic heterocycles. The van der Waals surface area contributed by atoms with Gasteiger partial charge in [-0.1, -0.05) is 32.1 Å². The van der Waals surface area contributed by atoms with E-state index in [0.29, 0.717) is 12.5 Å². The number of hydrogen-bond donors (Lipinski definition) is 3. The van der Waals surface area contributed by atoms with Crippen LogP contribution in [-0.2, 0) is 0 Å². The summed E-state index contributed by atoms with van der Waals surface area (Å²) < 4.78 is 0. The fourth-order valence-electron chi connectivity index (χ4n) is 2.19. The fraction of sp³-hybridized carbons (Fsp3) is 1.00. The Morgan fingerprint density at radius 2 is 1.77 bits per heavy atom. The minimum atomic E-state index is -1.23. The van der Waals surface area contributed by atoms with Crippen LogP contribution in [0.25, 0.3) is 0 Å². The van der Waals surface area contributed by atoms with Crippen LogP contribution in [-0.4, -0.2) is 23.0 Å². The van der Waals surface area contributed by atoms with Crippen molar-refractivity contribution >= 4 is 0 Å². The lowest BCUT2D eigenvalue weighted by Crippen LogP contribution is -2.30. The molecular weight excluding hydrogens is 166 g/mol. The molecule has 4 N–H and O–H groups in total. The van der Waals surface area contributed by atoms with E-state index in [9.17, 15) is 0 Å². The molecule has 78 valence electrons. The molecule has 13 heavy (non-hydrogen) atoms. The van der Waals surface area contributed by atoms with Crippen molar-refractivity contribution in [3.05, 3.63) is 0 Å². The van der Waals surface area contributed by atoms with Crippen LogP contribution in [0.2, 0.25) is 0 Å². The Kier molecular flexibility index (Phi) is 4.70. The zero-order valence-corrected chi connectivity index (χ0v) is 8.15. The average Bonchev–Trinajstić information content (AvgIpc) is 2.15. The van der Waals surface area contributed by atoms with Gasteiger partial charge in [0, 0.05) is 5.92 Å². The summed E-state index contributed by atoms with van der Waals surface area (Å²) in [7, 11) is 0. The molecule has 1 rings (SSSR count). The lowest BCUT2D eigenvalue weighted by atomic mass is 9.82. The van der Waals surface area contributed by atoms with Crippen LogP contribution in [0.1, 0.15) is 38.5 Å². The van der Waals surface area contributed by atoms with Gasteiger partial charge in [0.05, 0.1) is 0 Å². The minimum absolute atomic E-state index is 0.122. The van der Waals surface area contributed by atoms with Gasteiger partial charge in [0.1, 0.15) is 0 Å². The van der Waals surface area contributed by atoms with Gasteiger partial charge < -0.3 is 15.9 Å². The van der Waals surface area contributed by atoms with Crippen LogP contribution in [0, 0.1) is 11.8 Å². The quantitative estimate of drug-likeness (QED) is 0.571. The van der Waals surface area contributed by atoms with Gasteiger partial charge in [0.15, 0.2) is 6.29 Å². The maximum Gasteiger partial charge on any atom is 0.155 e. The maximum absolute atomic E-state index is 9.02. The number of hydrogen-bond acceptors (Lipinski definition) is 3. The van der Waals surface area contributed by atoms with Crippen LogP contribution in [0.4, 0.5) is 0 Å². The van der Waals surface area contributed by atoms with E-state index in [1.165, 1.54) is 32.1 Å². The molecule has 0 heterocycles. The summed E-state index contributed by atoms with van der Waals surface area (Å²) in [6.07, 6.45) is 6.06. The Morgan fingerprint density at radius 3 is 2.23 bits per heavy atom. The second kappa shape index (κ2) is 5.58. The first-order valence-corrected chi connectivity index (χ1v) is 5.30. The highest BCUT2D eigenvalue weighted by Gasteiger charge is 2.21. The standard InChI is InChI=1S/C10H21NO2/c11-7-9(10(12)13)6-8-4-2-1-3-5-8/h8-10,12-13H,1-7,11H2. The van der Waals surface area contributed by atoms with Crippen molar-refractivity contribution in [1.82, 2.24) is 0 Å². The van der Waals surface area contributed by atoms with E-state index in [1.807, 2.05) is 0 Å². The third kappa shape index (κ3) is 3.63. The highest BCUT2D eigenvalue weighted by molar-refractivity contribution is 4.71. The lowest BCUT2D eigenvalue weighted by Gasteiger charge is -2.26. The summed E-state index contributed by atoms with van der Waals surface area (Å²) in [5.41, 5.74) is 5.47. The Hall–Kier alpha value is -0.120. The molecule has 1 aliphatic carbocycles. The zero-order valence-electron chi connectivity index (χ0n) is 8.15. The van der Waals surface area contributed by atoms with Gasteiger partial charge in [-0.25, -0.2) is 0 Å². The van der Waals surface area contributed by atoms with Gasteiger partial charge in [-0.05, 0) is 18.9 Å². The first-order valence-electron chi connectivity index (χ1n) is 5.30. The lowest BCUT2D eigenvalue weighted by molar-refractivity contribution is -0.0875. The molecule has 0 aliphatic heterocycles. The van der Waals surface area contributed by atoms with Crippen molar-refractivity contribution in [3.63, 3.8) is 0 Å². The van der Waals surface area contributed by atoms with Crippen LogP contribution >= 0.6 is 0 Å². The third-order valence-electron chi connectivity index (χ3n) is 3.09. The summed E-state index contributed by atoms with van der Waals surface area (Å²) in [6, 6.07) is 0. The molecule has 0 bridgehead atoms. The van der Waals surface area contributed by atoms with Crippen LogP contribution in [0.15, 0.2) is 0 Å². The number of aliphatic hydroxyl groups excluding tert-OH is 1. The van der Waals surface area contributed by atoms with Gasteiger partial charge in [-0.15, -0.1) is 0 Å². The summed E-state index contributed by atoms with van der Waals surface area (Å²) in [5.74, 6) is 0.548. The van der Waals surface area contributed by atoms with Gasteiger partial charge in [-0.2, -0.15) is 0 Å². The van der Waals surface area contributed by atoms with Crippen molar-refractivity contribution in [2.24, 2.45) is 17.6 Å². The van der Waals surface area contributed by atoms with E-state index in [4.69, 9.17) is 15.9 Å². The van der Waals surface area contributed by atoms with Crippen LogP contribution in [0.3, 0.4) is 0 Å². The Balaban J connectivity index is 2.27. The molecule has 0 spiro atoms. The SMILES string of the molecule is NCC(CC1CCCCC1)C(O)O. The molecule has 3 nitrogen and oxygen atoms in total. The maximum atomic E-state index is 9.02. The smallest absolute Gasteiger partial charge is 0.155 e. The fourth-order valence-corrected chi connectivity index (χ4v) is 2.19. The van der Waals surface area contributed by atoms with Gasteiger partial charge in [0.2, 0.25) is 0 Å². The molecule has 0 radical (unpaired) electrons. The molecular formula is C10H21NO2. The van der Waals surface area contributed by atoms with E-state index in [1.54, 1.807) is 0 Å². The molecule has 1 atom stereocenters. The zero-order chi connectivity index (χ0) is 9.68. The largest absolute Gasteiger partial charge is 0.368 e. The Morgan fingerprint density at radius 1 is 1.15 bits per heavy atom. The molecule has 3 heteroatoms. The minimum Gasteiger partial charge on any atom is -0.368 e. The van der Waals surface area contributed by atoms with Crippen molar-refractivity contribution in [2.45, 2.75) is 44.8 Å². The monoisotopic (exact) mass is 187 g/mol. The molecule has 0 saturated heterocycles. The third-order valence-corrected chi connectivity index (χ3v) is 3.09. The first-order chi connectivity index (χ1) is 6.24. The van der Waals surface area contributed by atoms with Crippen molar-refractivity contribution in [2.75, 3.05) is 6.54 Å². The number of rotatable bonds is 4. The van der Waals surface area contributed by atoms with Crippen LogP contribution < -0.4 is 5.73 Å². The van der Waals surface area contributed by atoms with Crippen molar-refractivity contribution in [1.29, 1.82) is 0 Å². The normalized spacial score (nSPS) is 22.2. The molecule has 1 unspecified atom stereocenters. The summed E-state index contributed by atoms with van der Waals surface area (Å²) in [6.45, 7) is 0.383. The molecule has 1 fully saturated rings. The Bertz CT molecular complexity index is 133. The summed E-state index contributed by atoms with van der Waals surface area (Å²) in [4.78, 5) is 0. The van der Waals surface area contributed by atoms with E-state index in [0.717, 1.165) is 6.42 Å². The molecule has 0 aromatic carbocycles. The summed E-state index contributed by atoms with van der Waals surface area (Å²) in [5, 5.41) is 18.0. The summed E-state index contributed by atoms with van der Waals surface area (Å²) >= 11 is 0. The molecule has 0 amide bonds. The van der Waals surface area contributed by atoms with E-state index < -0.39 is 6.29 Å². The van der Waals surface area contributed by atoms with E-state index in [-0.39, 0.29) is 5.92 Å². The highest BCUT2D eigenvalue weighted by atomic mass is 16.5. The highest BCUT2D eigenvalue weighted by Crippen LogP contribution is 2.29. The number of aliphatic hydroxyl groups is 2. The predicted molar refractivity (Wildman–Crippen MR) is 52.0 cm³/mol. The van der Waals surface area contributed by atoms with Crippen molar-refractivity contribution in [3.8, 4) is 0 Å². The molecule has 1 saturated carbocycles. The second-order valence-electron chi connectivity index (χ2n) is 4.15. The first kappa shape index (κ1) is 11.0. The predicted octanol–water partition coefficient (Wildman–Crippen LogP) is 0.842. The molecule has 0 aromatic rings. The van der Waals surface area contributed by atoms with E-state index >= 15 is 0 Å². The van der Waals surface area contributed by atoms with Gasteiger partial charge in [-0.3, -0.25) is 0 Å². The average molecular weight is 187 g/mol. The van der Waals surface area contributed by atoms with Crippen molar-refractivity contribution < 1.29 is 10.2 Å². The molecule has 1 aliphatic rings. The van der Waals surface area contributed by atoms with Gasteiger partial charge in [0.25, 0.3) is 0 Å².